The molecule has 3 nitrogen and oxygen atoms in total. The van der Waals surface area contributed by atoms with Gasteiger partial charge in [-0.2, -0.15) is 5.26 Å². The molecule has 0 N–H and O–H groups in total. The highest BCUT2D eigenvalue weighted by Gasteiger charge is 2.23. The molecular weight excluding hydrogens is 258 g/mol. The van der Waals surface area contributed by atoms with Crippen LogP contribution in [-0.4, -0.2) is 12.9 Å². The highest BCUT2D eigenvalue weighted by molar-refractivity contribution is 7.14. The van der Waals surface area contributed by atoms with E-state index in [9.17, 15) is 10.1 Å². The molecule has 96 valence electrons. The van der Waals surface area contributed by atoms with Gasteiger partial charge in [0.25, 0.3) is 0 Å². The summed E-state index contributed by atoms with van der Waals surface area (Å²) in [6, 6.07) is 12.8. The fraction of sp³-hybridized carbons (Fsp3) is 0.200. The van der Waals surface area contributed by atoms with Crippen molar-refractivity contribution >= 4 is 17.1 Å². The summed E-state index contributed by atoms with van der Waals surface area (Å²) in [5.41, 5.74) is 0.665. The highest BCUT2D eigenvalue weighted by Crippen LogP contribution is 2.26. The van der Waals surface area contributed by atoms with Crippen molar-refractivity contribution in [1.82, 2.24) is 0 Å². The zero-order valence-corrected chi connectivity index (χ0v) is 11.5. The zero-order chi connectivity index (χ0) is 13.8. The lowest BCUT2D eigenvalue weighted by atomic mass is 9.95. The molecule has 19 heavy (non-hydrogen) atoms. The molecule has 2 aromatic rings. The second-order valence-electron chi connectivity index (χ2n) is 4.11. The summed E-state index contributed by atoms with van der Waals surface area (Å²) in [6.45, 7) is 1.94. The predicted molar refractivity (Wildman–Crippen MR) is 74.7 cm³/mol. The van der Waals surface area contributed by atoms with Crippen LogP contribution in [0.4, 0.5) is 0 Å². The number of methoxy groups -OCH3 is 1. The van der Waals surface area contributed by atoms with Gasteiger partial charge in [0, 0.05) is 4.88 Å². The van der Waals surface area contributed by atoms with Crippen LogP contribution in [-0.2, 0) is 0 Å². The van der Waals surface area contributed by atoms with Crippen LogP contribution in [0.3, 0.4) is 0 Å². The van der Waals surface area contributed by atoms with Crippen molar-refractivity contribution in [3.63, 3.8) is 0 Å². The van der Waals surface area contributed by atoms with Crippen molar-refractivity contribution in [1.29, 1.82) is 5.26 Å². The highest BCUT2D eigenvalue weighted by atomic mass is 32.1. The second-order valence-corrected chi connectivity index (χ2v) is 5.40. The number of nitrogens with zero attached hydrogens (tertiary/aromatic N) is 1. The number of hydrogen-bond donors (Lipinski definition) is 0. The average molecular weight is 271 g/mol. The van der Waals surface area contributed by atoms with Crippen molar-refractivity contribution in [3.8, 4) is 11.8 Å². The van der Waals surface area contributed by atoms with E-state index in [1.54, 1.807) is 37.4 Å². The third kappa shape index (κ3) is 2.83. The quantitative estimate of drug-likeness (QED) is 0.799. The number of Topliss-reactive ketones (excluding diaryl/α,β-unsaturated/α-hetero) is 1. The molecule has 0 aliphatic rings. The van der Waals surface area contributed by atoms with E-state index < -0.39 is 5.92 Å². The van der Waals surface area contributed by atoms with Gasteiger partial charge < -0.3 is 4.74 Å². The Morgan fingerprint density at radius 2 is 2.16 bits per heavy atom. The van der Waals surface area contributed by atoms with E-state index in [2.05, 4.69) is 6.07 Å². The third-order valence-electron chi connectivity index (χ3n) is 2.80. The molecule has 0 aliphatic carbocycles. The molecule has 1 aromatic heterocycles. The minimum atomic E-state index is -0.784. The maximum Gasteiger partial charge on any atom is 0.194 e. The first kappa shape index (κ1) is 13.3. The number of ketones is 1. The summed E-state index contributed by atoms with van der Waals surface area (Å²) < 4.78 is 5.12. The summed E-state index contributed by atoms with van der Waals surface area (Å²) in [4.78, 5) is 14.0. The Labute approximate surface area is 116 Å². The second kappa shape index (κ2) is 5.68. The molecule has 2 rings (SSSR count). The van der Waals surface area contributed by atoms with Crippen LogP contribution in [0.2, 0.25) is 0 Å². The zero-order valence-electron chi connectivity index (χ0n) is 10.7. The Kier molecular flexibility index (Phi) is 3.98. The number of aryl methyl sites for hydroxylation is 1. The molecule has 0 fully saturated rings. The minimum Gasteiger partial charge on any atom is -0.497 e. The van der Waals surface area contributed by atoms with Crippen LogP contribution in [0.1, 0.15) is 26.0 Å². The van der Waals surface area contributed by atoms with E-state index >= 15 is 0 Å². The normalized spacial score (nSPS) is 11.6. The first-order valence-corrected chi connectivity index (χ1v) is 6.61. The summed E-state index contributed by atoms with van der Waals surface area (Å²) in [5.74, 6) is -0.296. The molecule has 1 unspecified atom stereocenters. The van der Waals surface area contributed by atoms with Crippen molar-refractivity contribution in [2.45, 2.75) is 12.8 Å². The molecule has 0 amide bonds. The maximum atomic E-state index is 12.3. The lowest BCUT2D eigenvalue weighted by Gasteiger charge is -2.08. The standard InChI is InChI=1S/C15H13NO2S/c1-10-6-7-14(19-10)15(17)13(9-16)11-4-3-5-12(8-11)18-2/h3-8,13H,1-2H3. The smallest absolute Gasteiger partial charge is 0.194 e. The number of carbonyl (C=O) groups excluding carboxylic acids is 1. The van der Waals surface area contributed by atoms with E-state index in [4.69, 9.17) is 4.74 Å². The SMILES string of the molecule is COc1cccc(C(C#N)C(=O)c2ccc(C)s2)c1. The van der Waals surface area contributed by atoms with Gasteiger partial charge in [-0.1, -0.05) is 12.1 Å². The molecule has 0 radical (unpaired) electrons. The first-order chi connectivity index (χ1) is 9.15. The van der Waals surface area contributed by atoms with Gasteiger partial charge in [0.1, 0.15) is 11.7 Å². The number of ether oxygens (including phenoxy) is 1. The van der Waals surface area contributed by atoms with Gasteiger partial charge in [-0.25, -0.2) is 0 Å². The van der Waals surface area contributed by atoms with Gasteiger partial charge in [-0.3, -0.25) is 4.79 Å². The van der Waals surface area contributed by atoms with E-state index in [1.807, 2.05) is 13.0 Å². The lowest BCUT2D eigenvalue weighted by molar-refractivity contribution is 0.0983. The van der Waals surface area contributed by atoms with Gasteiger partial charge in [0.2, 0.25) is 0 Å². The molecule has 1 atom stereocenters. The number of hydrogen-bond acceptors (Lipinski definition) is 4. The fourth-order valence-corrected chi connectivity index (χ4v) is 2.65. The Hall–Kier alpha value is -2.12. The minimum absolute atomic E-state index is 0.158. The van der Waals surface area contributed by atoms with Crippen LogP contribution in [0.25, 0.3) is 0 Å². The number of benzene rings is 1. The van der Waals surface area contributed by atoms with Crippen LogP contribution >= 0.6 is 11.3 Å². The summed E-state index contributed by atoms with van der Waals surface area (Å²) in [5, 5.41) is 9.27. The van der Waals surface area contributed by atoms with E-state index in [0.717, 1.165) is 4.88 Å². The predicted octanol–water partition coefficient (Wildman–Crippen LogP) is 3.56. The molecule has 0 saturated heterocycles. The van der Waals surface area contributed by atoms with Crippen molar-refractivity contribution in [2.75, 3.05) is 7.11 Å². The van der Waals surface area contributed by atoms with Gasteiger partial charge in [-0.15, -0.1) is 11.3 Å². The number of thiophene rings is 1. The fourth-order valence-electron chi connectivity index (χ4n) is 1.81. The largest absolute Gasteiger partial charge is 0.497 e. The summed E-state index contributed by atoms with van der Waals surface area (Å²) in [7, 11) is 1.56. The Morgan fingerprint density at radius 1 is 1.37 bits per heavy atom. The monoisotopic (exact) mass is 271 g/mol. The van der Waals surface area contributed by atoms with Crippen molar-refractivity contribution in [2.24, 2.45) is 0 Å². The van der Waals surface area contributed by atoms with Crippen LogP contribution in [0.5, 0.6) is 5.75 Å². The van der Waals surface area contributed by atoms with Gasteiger partial charge in [-0.05, 0) is 36.8 Å². The van der Waals surface area contributed by atoms with E-state index in [-0.39, 0.29) is 5.78 Å². The molecule has 0 spiro atoms. The first-order valence-electron chi connectivity index (χ1n) is 5.80. The topological polar surface area (TPSA) is 50.1 Å². The van der Waals surface area contributed by atoms with Gasteiger partial charge in [0.15, 0.2) is 5.78 Å². The lowest BCUT2D eigenvalue weighted by Crippen LogP contribution is -2.09. The van der Waals surface area contributed by atoms with E-state index in [0.29, 0.717) is 16.2 Å². The molecule has 0 saturated carbocycles. The number of rotatable bonds is 4. The molecule has 1 aromatic carbocycles. The van der Waals surface area contributed by atoms with Crippen molar-refractivity contribution < 1.29 is 9.53 Å². The molecular formula is C15H13NO2S. The Morgan fingerprint density at radius 3 is 2.74 bits per heavy atom. The van der Waals surface area contributed by atoms with Crippen LogP contribution < -0.4 is 4.74 Å². The molecule has 1 heterocycles. The number of carbonyl (C=O) groups is 1. The van der Waals surface area contributed by atoms with E-state index in [1.165, 1.54) is 11.3 Å². The summed E-state index contributed by atoms with van der Waals surface area (Å²) in [6.07, 6.45) is 0. The Bertz CT molecular complexity index is 640. The van der Waals surface area contributed by atoms with Crippen molar-refractivity contribution in [3.05, 3.63) is 51.7 Å². The third-order valence-corrected chi connectivity index (χ3v) is 3.82. The summed E-state index contributed by atoms with van der Waals surface area (Å²) >= 11 is 1.41. The van der Waals surface area contributed by atoms with Crippen LogP contribution in [0.15, 0.2) is 36.4 Å². The average Bonchev–Trinajstić information content (AvgIpc) is 2.86. The molecule has 4 heteroatoms. The molecule has 0 bridgehead atoms. The Balaban J connectivity index is 2.34. The van der Waals surface area contributed by atoms with Crippen LogP contribution in [0, 0.1) is 18.3 Å². The van der Waals surface area contributed by atoms with Gasteiger partial charge >= 0.3 is 0 Å². The number of nitriles is 1. The molecule has 0 aliphatic heterocycles. The maximum absolute atomic E-state index is 12.3. The van der Waals surface area contributed by atoms with Gasteiger partial charge in [0.05, 0.1) is 18.1 Å².